The fourth-order valence-corrected chi connectivity index (χ4v) is 5.02. The molecule has 0 radical (unpaired) electrons. The molecule has 0 bridgehead atoms. The molecule has 1 saturated heterocycles. The van der Waals surface area contributed by atoms with Gasteiger partial charge < -0.3 is 10.6 Å². The SMILES string of the molecule is CC1NCCCC1NC(=O)CCS(=O)(=O)C1CCCC1. The van der Waals surface area contributed by atoms with Gasteiger partial charge in [0.05, 0.1) is 11.0 Å². The largest absolute Gasteiger partial charge is 0.352 e. The van der Waals surface area contributed by atoms with Crippen molar-refractivity contribution < 1.29 is 13.2 Å². The summed E-state index contributed by atoms with van der Waals surface area (Å²) in [7, 11) is -3.09. The summed E-state index contributed by atoms with van der Waals surface area (Å²) in [6.45, 7) is 3.04. The van der Waals surface area contributed by atoms with Gasteiger partial charge in [0.15, 0.2) is 9.84 Å². The number of nitrogens with one attached hydrogen (secondary N) is 2. The Kier molecular flexibility index (Phi) is 5.43. The van der Waals surface area contributed by atoms with E-state index in [1.165, 1.54) is 0 Å². The lowest BCUT2D eigenvalue weighted by Gasteiger charge is -2.30. The summed E-state index contributed by atoms with van der Waals surface area (Å²) in [4.78, 5) is 11.9. The Hall–Kier alpha value is -0.620. The van der Waals surface area contributed by atoms with Crippen molar-refractivity contribution in [1.29, 1.82) is 0 Å². The van der Waals surface area contributed by atoms with Crippen LogP contribution in [0.25, 0.3) is 0 Å². The molecule has 2 N–H and O–H groups in total. The van der Waals surface area contributed by atoms with Gasteiger partial charge in [-0.3, -0.25) is 4.79 Å². The fourth-order valence-electron chi connectivity index (χ4n) is 3.17. The zero-order chi connectivity index (χ0) is 14.6. The normalized spacial score (nSPS) is 28.4. The van der Waals surface area contributed by atoms with Gasteiger partial charge in [0.1, 0.15) is 0 Å². The van der Waals surface area contributed by atoms with Crippen LogP contribution in [0.15, 0.2) is 0 Å². The van der Waals surface area contributed by atoms with E-state index in [0.29, 0.717) is 0 Å². The summed E-state index contributed by atoms with van der Waals surface area (Å²) in [5.74, 6) is -0.134. The maximum Gasteiger partial charge on any atom is 0.221 e. The molecule has 1 aliphatic heterocycles. The number of hydrogen-bond donors (Lipinski definition) is 2. The molecule has 1 aliphatic carbocycles. The lowest BCUT2D eigenvalue weighted by molar-refractivity contribution is -0.121. The molecular weight excluding hydrogens is 276 g/mol. The third kappa shape index (κ3) is 4.19. The van der Waals surface area contributed by atoms with Crippen LogP contribution in [0.4, 0.5) is 0 Å². The van der Waals surface area contributed by atoms with Crippen molar-refractivity contribution in [3.05, 3.63) is 0 Å². The first kappa shape index (κ1) is 15.8. The molecule has 2 atom stereocenters. The van der Waals surface area contributed by atoms with E-state index in [1.807, 2.05) is 0 Å². The predicted molar refractivity (Wildman–Crippen MR) is 79.3 cm³/mol. The predicted octanol–water partition coefficient (Wildman–Crippen LogP) is 0.991. The Morgan fingerprint density at radius 3 is 2.55 bits per heavy atom. The van der Waals surface area contributed by atoms with Gasteiger partial charge in [0.2, 0.25) is 5.91 Å². The second-order valence-corrected chi connectivity index (χ2v) is 8.48. The van der Waals surface area contributed by atoms with Gasteiger partial charge in [-0.2, -0.15) is 0 Å². The van der Waals surface area contributed by atoms with Gasteiger partial charge in [-0.25, -0.2) is 8.42 Å². The van der Waals surface area contributed by atoms with Gasteiger partial charge in [-0.05, 0) is 39.2 Å². The Morgan fingerprint density at radius 2 is 1.90 bits per heavy atom. The van der Waals surface area contributed by atoms with E-state index in [-0.39, 0.29) is 35.4 Å². The molecule has 0 aromatic rings. The average Bonchev–Trinajstić information content (AvgIpc) is 2.94. The van der Waals surface area contributed by atoms with Crippen molar-refractivity contribution in [2.24, 2.45) is 0 Å². The molecule has 2 fully saturated rings. The van der Waals surface area contributed by atoms with Gasteiger partial charge in [-0.1, -0.05) is 12.8 Å². The molecule has 1 saturated carbocycles. The Bertz CT molecular complexity index is 430. The Labute approximate surface area is 121 Å². The van der Waals surface area contributed by atoms with Crippen LogP contribution in [-0.2, 0) is 14.6 Å². The van der Waals surface area contributed by atoms with Crippen molar-refractivity contribution in [3.8, 4) is 0 Å². The molecule has 0 spiro atoms. The third-order valence-corrected chi connectivity index (χ3v) is 6.79. The van der Waals surface area contributed by atoms with E-state index in [1.54, 1.807) is 0 Å². The lowest BCUT2D eigenvalue weighted by atomic mass is 10.00. The highest BCUT2D eigenvalue weighted by atomic mass is 32.2. The summed E-state index contributed by atoms with van der Waals surface area (Å²) in [6.07, 6.45) is 5.66. The zero-order valence-electron chi connectivity index (χ0n) is 12.2. The highest BCUT2D eigenvalue weighted by molar-refractivity contribution is 7.92. The summed E-state index contributed by atoms with van der Waals surface area (Å²) < 4.78 is 24.2. The van der Waals surface area contributed by atoms with Crippen LogP contribution in [-0.4, -0.2) is 44.0 Å². The summed E-state index contributed by atoms with van der Waals surface area (Å²) >= 11 is 0. The number of rotatable bonds is 5. The Balaban J connectivity index is 1.77. The zero-order valence-corrected chi connectivity index (χ0v) is 13.0. The van der Waals surface area contributed by atoms with Crippen molar-refractivity contribution in [1.82, 2.24) is 10.6 Å². The summed E-state index contributed by atoms with van der Waals surface area (Å²) in [5.41, 5.74) is 0. The van der Waals surface area contributed by atoms with E-state index in [9.17, 15) is 13.2 Å². The first-order valence-corrected chi connectivity index (χ1v) is 9.45. The van der Waals surface area contributed by atoms with E-state index in [4.69, 9.17) is 0 Å². The maximum absolute atomic E-state index is 12.1. The van der Waals surface area contributed by atoms with Crippen molar-refractivity contribution in [2.45, 2.75) is 69.2 Å². The van der Waals surface area contributed by atoms with Crippen LogP contribution in [0.1, 0.15) is 51.9 Å². The minimum atomic E-state index is -3.09. The fraction of sp³-hybridized carbons (Fsp3) is 0.929. The quantitative estimate of drug-likeness (QED) is 0.794. The van der Waals surface area contributed by atoms with Crippen molar-refractivity contribution in [3.63, 3.8) is 0 Å². The van der Waals surface area contributed by atoms with Gasteiger partial charge >= 0.3 is 0 Å². The molecule has 2 unspecified atom stereocenters. The van der Waals surface area contributed by atoms with Crippen LogP contribution in [0, 0.1) is 0 Å². The molecule has 0 aromatic heterocycles. The number of carbonyl (C=O) groups excluding carboxylic acids is 1. The van der Waals surface area contributed by atoms with Gasteiger partial charge in [-0.15, -0.1) is 0 Å². The van der Waals surface area contributed by atoms with Crippen molar-refractivity contribution in [2.75, 3.05) is 12.3 Å². The molecular formula is C14H26N2O3S. The first-order chi connectivity index (χ1) is 9.49. The third-order valence-electron chi connectivity index (χ3n) is 4.53. The highest BCUT2D eigenvalue weighted by Gasteiger charge is 2.29. The first-order valence-electron chi connectivity index (χ1n) is 7.73. The van der Waals surface area contributed by atoms with Crippen LogP contribution in [0.2, 0.25) is 0 Å². The van der Waals surface area contributed by atoms with Crippen LogP contribution in [0.5, 0.6) is 0 Å². The van der Waals surface area contributed by atoms with E-state index >= 15 is 0 Å². The molecule has 2 rings (SSSR count). The van der Waals surface area contributed by atoms with Gasteiger partial charge in [0.25, 0.3) is 0 Å². The minimum Gasteiger partial charge on any atom is -0.352 e. The number of piperidine rings is 1. The molecule has 6 heteroatoms. The maximum atomic E-state index is 12.1. The van der Waals surface area contributed by atoms with Crippen LogP contribution in [0.3, 0.4) is 0 Å². The van der Waals surface area contributed by atoms with Crippen LogP contribution >= 0.6 is 0 Å². The molecule has 0 aromatic carbocycles. The molecule has 5 nitrogen and oxygen atoms in total. The number of amides is 1. The highest BCUT2D eigenvalue weighted by Crippen LogP contribution is 2.25. The van der Waals surface area contributed by atoms with E-state index in [0.717, 1.165) is 45.1 Å². The second-order valence-electron chi connectivity index (χ2n) is 6.08. The summed E-state index contributed by atoms with van der Waals surface area (Å²) in [5, 5.41) is 6.08. The van der Waals surface area contributed by atoms with E-state index in [2.05, 4.69) is 17.6 Å². The Morgan fingerprint density at radius 1 is 1.20 bits per heavy atom. The monoisotopic (exact) mass is 302 g/mol. The van der Waals surface area contributed by atoms with Crippen LogP contribution < -0.4 is 10.6 Å². The molecule has 116 valence electrons. The topological polar surface area (TPSA) is 75.3 Å². The molecule has 1 amide bonds. The number of hydrogen-bond acceptors (Lipinski definition) is 4. The van der Waals surface area contributed by atoms with Crippen molar-refractivity contribution >= 4 is 15.7 Å². The standard InChI is InChI=1S/C14H26N2O3S/c1-11-13(7-4-9-15-11)16-14(17)8-10-20(18,19)12-5-2-3-6-12/h11-13,15H,2-10H2,1H3,(H,16,17). The average molecular weight is 302 g/mol. The second kappa shape index (κ2) is 6.89. The van der Waals surface area contributed by atoms with Gasteiger partial charge in [0, 0.05) is 18.5 Å². The molecule has 2 aliphatic rings. The summed E-state index contributed by atoms with van der Waals surface area (Å²) in [6, 6.07) is 0.393. The number of carbonyl (C=O) groups is 1. The smallest absolute Gasteiger partial charge is 0.221 e. The minimum absolute atomic E-state index is 0.00195. The van der Waals surface area contributed by atoms with E-state index < -0.39 is 9.84 Å². The number of sulfone groups is 1. The molecule has 20 heavy (non-hydrogen) atoms. The molecule has 1 heterocycles. The lowest BCUT2D eigenvalue weighted by Crippen LogP contribution is -2.52.